The monoisotopic (exact) mass is 887 g/mol. The molecule has 5 atom stereocenters. The minimum Gasteiger partial charge on any atom is -0.455 e. The molecule has 0 radical (unpaired) electrons. The van der Waals surface area contributed by atoms with Crippen molar-refractivity contribution in [2.45, 2.75) is 218 Å². The van der Waals surface area contributed by atoms with E-state index in [1.54, 1.807) is 0 Å². The SMILES string of the molecule is CCCCCCCCCCCCCCCC(=O)O[C@@H]1[C@H](OC(=O)CCCCCCCCCCCCCCC)[C@@H](COP(=O)(O)OCC[N+](C)(C)C)O[C@H]1n1ccc(=O)[nH]c1=O. The minimum atomic E-state index is -4.58. The van der Waals surface area contributed by atoms with Crippen molar-refractivity contribution in [2.75, 3.05) is 40.9 Å². The fraction of sp³-hybridized carbons (Fsp3) is 0.870. The van der Waals surface area contributed by atoms with E-state index in [-0.39, 0.29) is 19.4 Å². The molecule has 0 saturated carbocycles. The summed E-state index contributed by atoms with van der Waals surface area (Å²) in [6.45, 7) is 4.27. The second-order valence-corrected chi connectivity index (χ2v) is 19.5. The lowest BCUT2D eigenvalue weighted by Gasteiger charge is -2.25. The van der Waals surface area contributed by atoms with Gasteiger partial charge in [-0.2, -0.15) is 0 Å². The Morgan fingerprint density at radius 2 is 1.08 bits per heavy atom. The van der Waals surface area contributed by atoms with E-state index in [1.807, 2.05) is 21.1 Å². The van der Waals surface area contributed by atoms with Crippen LogP contribution in [0.2, 0.25) is 0 Å². The van der Waals surface area contributed by atoms with E-state index in [9.17, 15) is 28.6 Å². The number of aromatic nitrogens is 2. The number of rotatable bonds is 38. The van der Waals surface area contributed by atoms with Crippen LogP contribution in [0.5, 0.6) is 0 Å². The van der Waals surface area contributed by atoms with E-state index in [0.29, 0.717) is 23.9 Å². The molecule has 1 saturated heterocycles. The Morgan fingerprint density at radius 1 is 0.672 bits per heavy atom. The topological polar surface area (TPSA) is 172 Å². The fourth-order valence-corrected chi connectivity index (χ4v) is 8.31. The summed E-state index contributed by atoms with van der Waals surface area (Å²) in [4.78, 5) is 64.4. The van der Waals surface area contributed by atoms with E-state index in [0.717, 1.165) is 49.2 Å². The van der Waals surface area contributed by atoms with Gasteiger partial charge in [0.25, 0.3) is 5.56 Å². The number of hydrogen-bond donors (Lipinski definition) is 2. The molecule has 1 aliphatic rings. The van der Waals surface area contributed by atoms with Crippen LogP contribution in [-0.2, 0) is 37.4 Å². The number of carbonyl (C=O) groups is 2. The van der Waals surface area contributed by atoms with E-state index in [2.05, 4.69) is 18.8 Å². The van der Waals surface area contributed by atoms with Gasteiger partial charge < -0.3 is 23.6 Å². The van der Waals surface area contributed by atoms with Crippen LogP contribution in [0.15, 0.2) is 21.9 Å². The minimum absolute atomic E-state index is 0.0603. The van der Waals surface area contributed by atoms with Crippen molar-refractivity contribution >= 4 is 19.8 Å². The molecule has 1 aromatic rings. The zero-order chi connectivity index (χ0) is 44.8. The maximum absolute atomic E-state index is 13.4. The number of esters is 2. The molecule has 61 heavy (non-hydrogen) atoms. The van der Waals surface area contributed by atoms with Gasteiger partial charge in [-0.25, -0.2) is 9.36 Å². The maximum atomic E-state index is 13.4. The second kappa shape index (κ2) is 32.3. The van der Waals surface area contributed by atoms with Crippen LogP contribution in [0.4, 0.5) is 0 Å². The van der Waals surface area contributed by atoms with Gasteiger partial charge in [-0.1, -0.05) is 168 Å². The Morgan fingerprint density at radius 3 is 1.49 bits per heavy atom. The lowest BCUT2D eigenvalue weighted by molar-refractivity contribution is -0.870. The van der Waals surface area contributed by atoms with Gasteiger partial charge in [0.1, 0.15) is 19.3 Å². The van der Waals surface area contributed by atoms with Crippen LogP contribution in [0.3, 0.4) is 0 Å². The van der Waals surface area contributed by atoms with Crippen molar-refractivity contribution in [3.8, 4) is 0 Å². The molecule has 2 heterocycles. The summed E-state index contributed by atoms with van der Waals surface area (Å²) >= 11 is 0. The van der Waals surface area contributed by atoms with Gasteiger partial charge in [-0.05, 0) is 12.8 Å². The molecule has 0 aliphatic carbocycles. The predicted octanol–water partition coefficient (Wildman–Crippen LogP) is 10.1. The van der Waals surface area contributed by atoms with Crippen molar-refractivity contribution in [3.05, 3.63) is 33.1 Å². The van der Waals surface area contributed by atoms with Crippen LogP contribution in [-0.4, -0.2) is 90.1 Å². The number of phosphoric acid groups is 1. The zero-order valence-electron chi connectivity index (χ0n) is 38.8. The fourth-order valence-electron chi connectivity index (χ4n) is 7.59. The number of quaternary nitrogens is 1. The number of nitrogens with one attached hydrogen (secondary N) is 1. The van der Waals surface area contributed by atoms with Crippen molar-refractivity contribution in [2.24, 2.45) is 0 Å². The molecule has 2 N–H and O–H groups in total. The Hall–Kier alpha value is -2.35. The van der Waals surface area contributed by atoms with E-state index >= 15 is 0 Å². The molecule has 14 nitrogen and oxygen atoms in total. The van der Waals surface area contributed by atoms with Gasteiger partial charge in [0.2, 0.25) is 0 Å². The van der Waals surface area contributed by atoms with E-state index < -0.39 is 62.2 Å². The molecular weight excluding hydrogens is 801 g/mol. The highest BCUT2D eigenvalue weighted by molar-refractivity contribution is 7.47. The first-order valence-electron chi connectivity index (χ1n) is 24.0. The number of unbranched alkanes of at least 4 members (excludes halogenated alkanes) is 24. The van der Waals surface area contributed by atoms with E-state index in [4.69, 9.17) is 23.3 Å². The molecule has 1 aliphatic heterocycles. The molecule has 0 aromatic carbocycles. The van der Waals surface area contributed by atoms with Gasteiger partial charge in [-0.15, -0.1) is 0 Å². The first kappa shape index (κ1) is 54.8. The normalized spacial score (nSPS) is 18.9. The molecule has 2 rings (SSSR count). The first-order chi connectivity index (χ1) is 29.3. The summed E-state index contributed by atoms with van der Waals surface area (Å²) in [6, 6.07) is 1.13. The highest BCUT2D eigenvalue weighted by Gasteiger charge is 2.51. The Labute approximate surface area is 367 Å². The second-order valence-electron chi connectivity index (χ2n) is 18.1. The Bertz CT molecular complexity index is 1480. The molecule has 1 fully saturated rings. The van der Waals surface area contributed by atoms with Crippen molar-refractivity contribution in [3.63, 3.8) is 0 Å². The molecule has 354 valence electrons. The number of phosphoric ester groups is 1. The zero-order valence-corrected chi connectivity index (χ0v) is 39.7. The number of likely N-dealkylation sites (N-methyl/N-ethyl adjacent to an activating group) is 1. The van der Waals surface area contributed by atoms with Gasteiger partial charge in [0.15, 0.2) is 18.4 Å². The molecular formula is C46H85N3O11P+. The Balaban J connectivity index is 2.03. The van der Waals surface area contributed by atoms with Crippen molar-refractivity contribution in [1.82, 2.24) is 9.55 Å². The first-order valence-corrected chi connectivity index (χ1v) is 25.5. The maximum Gasteiger partial charge on any atom is 0.472 e. The lowest BCUT2D eigenvalue weighted by Crippen LogP contribution is -2.42. The summed E-state index contributed by atoms with van der Waals surface area (Å²) in [5.74, 6) is -1.12. The number of nitrogens with zero attached hydrogens (tertiary/aromatic N) is 2. The quantitative estimate of drug-likeness (QED) is 0.0280. The summed E-state index contributed by atoms with van der Waals surface area (Å²) in [5.41, 5.74) is -1.46. The summed E-state index contributed by atoms with van der Waals surface area (Å²) in [5, 5.41) is 0. The van der Waals surface area contributed by atoms with Gasteiger partial charge in [0.05, 0.1) is 27.7 Å². The molecule has 1 aromatic heterocycles. The van der Waals surface area contributed by atoms with Gasteiger partial charge >= 0.3 is 25.5 Å². The molecule has 0 spiro atoms. The summed E-state index contributed by atoms with van der Waals surface area (Å²) in [7, 11) is 1.15. The third-order valence-corrected chi connectivity index (χ3v) is 12.3. The standard InChI is InChI=1S/C46H84N3O11P/c1-6-8-10-12-14-16-18-20-22-24-26-28-30-32-41(51)59-43-39(38-57-61(54,55)56-37-36-49(3,4)5)58-45(48-35-34-40(50)47-46(48)53)44(43)60-42(52)33-31-29-27-25-23-21-19-17-15-13-11-9-7-2/h34-35,39,43-45H,6-33,36-38H2,1-5H3,(H-,47,50,53,54,55)/p+1/t39-,43-,44-,45-/m1/s1. The van der Waals surface area contributed by atoms with Gasteiger partial charge in [0, 0.05) is 25.1 Å². The molecule has 0 bridgehead atoms. The highest BCUT2D eigenvalue weighted by Crippen LogP contribution is 2.45. The highest BCUT2D eigenvalue weighted by atomic mass is 31.2. The van der Waals surface area contributed by atoms with Crippen LogP contribution in [0, 0.1) is 0 Å². The number of carbonyl (C=O) groups excluding carboxylic acids is 2. The van der Waals surface area contributed by atoms with Crippen LogP contribution >= 0.6 is 7.82 Å². The van der Waals surface area contributed by atoms with Crippen LogP contribution < -0.4 is 11.2 Å². The summed E-state index contributed by atoms with van der Waals surface area (Å²) < 4.78 is 43.0. The largest absolute Gasteiger partial charge is 0.472 e. The predicted molar refractivity (Wildman–Crippen MR) is 240 cm³/mol. The number of H-pyrrole nitrogens is 1. The van der Waals surface area contributed by atoms with Crippen LogP contribution in [0.1, 0.15) is 200 Å². The molecule has 15 heteroatoms. The van der Waals surface area contributed by atoms with Crippen LogP contribution in [0.25, 0.3) is 0 Å². The van der Waals surface area contributed by atoms with E-state index in [1.165, 1.54) is 122 Å². The average molecular weight is 887 g/mol. The molecule has 1 unspecified atom stereocenters. The van der Waals surface area contributed by atoms with Crippen molar-refractivity contribution in [1.29, 1.82) is 0 Å². The average Bonchev–Trinajstić information content (AvgIpc) is 3.52. The number of ether oxygens (including phenoxy) is 3. The Kier molecular flexibility index (Phi) is 29.0. The number of aromatic amines is 1. The lowest BCUT2D eigenvalue weighted by atomic mass is 10.0. The third-order valence-electron chi connectivity index (χ3n) is 11.3. The molecule has 0 amide bonds. The van der Waals surface area contributed by atoms with Crippen molar-refractivity contribution < 1.29 is 46.8 Å². The van der Waals surface area contributed by atoms with Gasteiger partial charge in [-0.3, -0.25) is 33.0 Å². The number of hydrogen-bond acceptors (Lipinski definition) is 10. The smallest absolute Gasteiger partial charge is 0.455 e. The summed E-state index contributed by atoms with van der Waals surface area (Å²) in [6.07, 6.45) is 26.4. The third kappa shape index (κ3) is 26.1.